The van der Waals surface area contributed by atoms with E-state index in [0.717, 1.165) is 0 Å². The average molecular weight is 424 g/mol. The van der Waals surface area contributed by atoms with Crippen molar-refractivity contribution in [3.05, 3.63) is 24.8 Å². The van der Waals surface area contributed by atoms with Gasteiger partial charge in [-0.15, -0.1) is 0 Å². The van der Waals surface area contributed by atoms with Gasteiger partial charge in [-0.25, -0.2) is 10.2 Å². The van der Waals surface area contributed by atoms with Crippen LogP contribution in [0.2, 0.25) is 0 Å². The fourth-order valence-electron chi connectivity index (χ4n) is 0.913. The fraction of sp³-hybridized carbons (Fsp3) is 0.800. The van der Waals surface area contributed by atoms with Crippen LogP contribution in [0.15, 0.2) is 32.9 Å². The molecule has 27 heavy (non-hydrogen) atoms. The first-order chi connectivity index (χ1) is 11.4. The monoisotopic (exact) mass is 423 g/mol. The van der Waals surface area contributed by atoms with E-state index in [4.69, 9.17) is 0 Å². The van der Waals surface area contributed by atoms with Gasteiger partial charge in [0.05, 0.1) is 11.1 Å². The zero-order valence-electron chi connectivity index (χ0n) is 19.3. The predicted molar refractivity (Wildman–Crippen MR) is 111 cm³/mol. The number of nitrogens with one attached hydrogen (secondary N) is 2. The number of nitrogens with zero attached hydrogens (tertiary/aromatic N) is 4. The minimum atomic E-state index is -0.122. The topological polar surface area (TPSA) is 73.5 Å². The predicted octanol–water partition coefficient (Wildman–Crippen LogP) is 5.80. The number of azo groups is 2. The van der Waals surface area contributed by atoms with E-state index in [0.29, 0.717) is 0 Å². The molecule has 0 rings (SSSR count). The maximum atomic E-state index is 4.02. The van der Waals surface area contributed by atoms with Gasteiger partial charge in [0.25, 0.3) is 0 Å². The van der Waals surface area contributed by atoms with Crippen molar-refractivity contribution in [2.24, 2.45) is 20.5 Å². The van der Waals surface area contributed by atoms with Gasteiger partial charge >= 0.3 is 16.8 Å². The van der Waals surface area contributed by atoms with Crippen molar-refractivity contribution in [3.8, 4) is 0 Å². The van der Waals surface area contributed by atoms with Crippen molar-refractivity contribution in [2.75, 3.05) is 0 Å². The number of hydrogen-bond donors (Lipinski definition) is 2. The molecule has 0 saturated carbocycles. The summed E-state index contributed by atoms with van der Waals surface area (Å²) in [6.45, 7) is 24.4. The SMILES string of the molecule is CC(C)(C)N=N[C-]=CNC(C)(C)C.CC(C)(C)N=N[C-]=CNC(C)(C)C.[Co+2]. The molecule has 0 aromatic heterocycles. The molecule has 0 saturated heterocycles. The second-order valence-corrected chi connectivity index (χ2v) is 10.1. The van der Waals surface area contributed by atoms with Crippen LogP contribution in [0.25, 0.3) is 0 Å². The first-order valence-electron chi connectivity index (χ1n) is 8.95. The largest absolute Gasteiger partial charge is 2.00 e. The van der Waals surface area contributed by atoms with Gasteiger partial charge in [0.1, 0.15) is 0 Å². The van der Waals surface area contributed by atoms with E-state index >= 15 is 0 Å². The molecule has 0 fully saturated rings. The maximum Gasteiger partial charge on any atom is 2.00 e. The van der Waals surface area contributed by atoms with Gasteiger partial charge in [0.15, 0.2) is 0 Å². The Morgan fingerprint density at radius 1 is 0.556 bits per heavy atom. The van der Waals surface area contributed by atoms with Crippen LogP contribution >= 0.6 is 0 Å². The molecule has 159 valence electrons. The van der Waals surface area contributed by atoms with Crippen LogP contribution in [-0.4, -0.2) is 22.2 Å². The Bertz CT molecular complexity index is 435. The molecule has 7 heteroatoms. The molecule has 0 amide bonds. The first kappa shape index (κ1) is 30.5. The molecule has 0 aliphatic heterocycles. The zero-order chi connectivity index (χ0) is 21.1. The van der Waals surface area contributed by atoms with Crippen molar-refractivity contribution >= 4 is 0 Å². The van der Waals surface area contributed by atoms with E-state index in [1.807, 2.05) is 41.5 Å². The van der Waals surface area contributed by atoms with Gasteiger partial charge in [0.2, 0.25) is 0 Å². The van der Waals surface area contributed by atoms with Crippen LogP contribution < -0.4 is 10.6 Å². The van der Waals surface area contributed by atoms with E-state index in [1.54, 1.807) is 12.4 Å². The minimum Gasteiger partial charge on any atom is -0.418 e. The van der Waals surface area contributed by atoms with E-state index in [9.17, 15) is 0 Å². The summed E-state index contributed by atoms with van der Waals surface area (Å²) in [6, 6.07) is 0. The Morgan fingerprint density at radius 2 is 0.815 bits per heavy atom. The van der Waals surface area contributed by atoms with E-state index < -0.39 is 0 Å². The third-order valence-corrected chi connectivity index (χ3v) is 1.95. The molecule has 0 aliphatic rings. The van der Waals surface area contributed by atoms with Gasteiger partial charge in [-0.2, -0.15) is 12.4 Å². The Labute approximate surface area is 178 Å². The third kappa shape index (κ3) is 36.5. The summed E-state index contributed by atoms with van der Waals surface area (Å²) >= 11 is 0. The van der Waals surface area contributed by atoms with E-state index in [2.05, 4.69) is 85.0 Å². The molecular weight excluding hydrogens is 383 g/mol. The van der Waals surface area contributed by atoms with Crippen LogP contribution in [0.5, 0.6) is 0 Å². The molecule has 0 heterocycles. The van der Waals surface area contributed by atoms with Crippen LogP contribution in [0.1, 0.15) is 83.1 Å². The van der Waals surface area contributed by atoms with Crippen LogP contribution in [-0.2, 0) is 16.8 Å². The quantitative estimate of drug-likeness (QED) is 0.443. The van der Waals surface area contributed by atoms with Gasteiger partial charge in [-0.3, -0.25) is 0 Å². The zero-order valence-corrected chi connectivity index (χ0v) is 20.3. The molecule has 0 bridgehead atoms. The summed E-state index contributed by atoms with van der Waals surface area (Å²) in [4.78, 5) is 0. The van der Waals surface area contributed by atoms with E-state index in [-0.39, 0.29) is 38.9 Å². The molecule has 0 aromatic rings. The van der Waals surface area contributed by atoms with Crippen molar-refractivity contribution in [1.29, 1.82) is 0 Å². The molecule has 0 atom stereocenters. The smallest absolute Gasteiger partial charge is 0.418 e. The number of rotatable bonds is 4. The van der Waals surface area contributed by atoms with Gasteiger partial charge in [-0.05, 0) is 83.1 Å². The summed E-state index contributed by atoms with van der Waals surface area (Å²) in [5.74, 6) is 0. The van der Waals surface area contributed by atoms with Gasteiger partial charge in [0, 0.05) is 11.1 Å². The fourth-order valence-corrected chi connectivity index (χ4v) is 0.913. The second-order valence-electron chi connectivity index (χ2n) is 10.1. The Kier molecular flexibility index (Phi) is 14.7. The Morgan fingerprint density at radius 3 is 1.00 bits per heavy atom. The summed E-state index contributed by atoms with van der Waals surface area (Å²) in [5, 5.41) is 21.9. The summed E-state index contributed by atoms with van der Waals surface area (Å²) in [7, 11) is 0. The third-order valence-electron chi connectivity index (χ3n) is 1.95. The molecule has 2 N–H and O–H groups in total. The van der Waals surface area contributed by atoms with Gasteiger partial charge in [-0.1, -0.05) is 0 Å². The number of hydrogen-bond acceptors (Lipinski definition) is 6. The van der Waals surface area contributed by atoms with Crippen LogP contribution in [0, 0.1) is 12.4 Å². The average Bonchev–Trinajstić information content (AvgIpc) is 2.33. The van der Waals surface area contributed by atoms with Crippen molar-refractivity contribution < 1.29 is 16.8 Å². The summed E-state index contributed by atoms with van der Waals surface area (Å²) in [6.07, 6.45) is 8.82. The molecule has 0 spiro atoms. The molecule has 0 aromatic carbocycles. The molecule has 0 unspecified atom stereocenters. The van der Waals surface area contributed by atoms with Crippen LogP contribution in [0.3, 0.4) is 0 Å². The Balaban J connectivity index is -0.000000411. The Hall–Kier alpha value is -1.21. The maximum absolute atomic E-state index is 4.02. The van der Waals surface area contributed by atoms with Gasteiger partial charge < -0.3 is 33.3 Å². The summed E-state index contributed by atoms with van der Waals surface area (Å²) in [5.41, 5.74) is -0.125. The minimum absolute atomic E-state index is 0. The molecule has 0 aliphatic carbocycles. The molecule has 6 nitrogen and oxygen atoms in total. The van der Waals surface area contributed by atoms with Crippen molar-refractivity contribution in [2.45, 2.75) is 105 Å². The molecule has 1 radical (unpaired) electrons. The van der Waals surface area contributed by atoms with Crippen LogP contribution in [0.4, 0.5) is 0 Å². The molecular formula is C20H40CoN6. The normalized spacial score (nSPS) is 13.8. The van der Waals surface area contributed by atoms with E-state index in [1.165, 1.54) is 0 Å². The summed E-state index contributed by atoms with van der Waals surface area (Å²) < 4.78 is 0. The van der Waals surface area contributed by atoms with Crippen molar-refractivity contribution in [1.82, 2.24) is 10.6 Å². The standard InChI is InChI=1S/2C10H20N3.Co/c2*1-9(2,3)11-7-8-12-13-10(4,5)6;/h2*7,11H,1-6H3;/q2*-1;+2. The second kappa shape index (κ2) is 13.0. The first-order valence-corrected chi connectivity index (χ1v) is 8.95. The van der Waals surface area contributed by atoms with Crippen molar-refractivity contribution in [3.63, 3.8) is 0 Å².